The van der Waals surface area contributed by atoms with Crippen molar-refractivity contribution in [3.05, 3.63) is 29.6 Å². The molecule has 4 heteroatoms. The molecule has 1 N–H and O–H groups in total. The van der Waals surface area contributed by atoms with E-state index in [1.165, 1.54) is 5.56 Å². The van der Waals surface area contributed by atoms with Crippen LogP contribution in [0.1, 0.15) is 18.2 Å². The van der Waals surface area contributed by atoms with Crippen LogP contribution in [0.3, 0.4) is 0 Å². The van der Waals surface area contributed by atoms with Crippen LogP contribution in [0.4, 0.5) is 0 Å². The number of nitrogens with zero attached hydrogens (tertiary/aromatic N) is 1. The monoisotopic (exact) mass is 237 g/mol. The minimum Gasteiger partial charge on any atom is -0.390 e. The van der Waals surface area contributed by atoms with Crippen LogP contribution < -0.4 is 0 Å². The third kappa shape index (κ3) is 3.49. The molecule has 1 aromatic rings. The fourth-order valence-corrected chi connectivity index (χ4v) is 1.86. The van der Waals surface area contributed by atoms with Crippen LogP contribution >= 0.6 is 0 Å². The summed E-state index contributed by atoms with van der Waals surface area (Å²) in [6.45, 7) is 3.74. The summed E-state index contributed by atoms with van der Waals surface area (Å²) < 4.78 is 10.7. The van der Waals surface area contributed by atoms with E-state index in [4.69, 9.17) is 9.47 Å². The van der Waals surface area contributed by atoms with Gasteiger partial charge in [0.1, 0.15) is 6.10 Å². The summed E-state index contributed by atoms with van der Waals surface area (Å²) in [4.78, 5) is 4.33. The molecule has 1 aromatic heterocycles. The zero-order valence-electron chi connectivity index (χ0n) is 10.1. The summed E-state index contributed by atoms with van der Waals surface area (Å²) >= 11 is 0. The van der Waals surface area contributed by atoms with Crippen molar-refractivity contribution in [3.63, 3.8) is 0 Å². The molecule has 0 amide bonds. The molecule has 94 valence electrons. The molecule has 1 fully saturated rings. The highest BCUT2D eigenvalue weighted by Gasteiger charge is 2.23. The van der Waals surface area contributed by atoms with Crippen LogP contribution in [0.25, 0.3) is 0 Å². The van der Waals surface area contributed by atoms with Gasteiger partial charge >= 0.3 is 0 Å². The predicted molar refractivity (Wildman–Crippen MR) is 63.9 cm³/mol. The average molecular weight is 237 g/mol. The first-order chi connectivity index (χ1) is 8.29. The maximum Gasteiger partial charge on any atom is 0.107 e. The SMILES string of the molecule is CCc1ccc(CC(O)C2COCCO2)nc1. The predicted octanol–water partition coefficient (Wildman–Crippen LogP) is 0.963. The van der Waals surface area contributed by atoms with Gasteiger partial charge in [-0.1, -0.05) is 13.0 Å². The third-order valence-corrected chi connectivity index (χ3v) is 2.98. The first-order valence-corrected chi connectivity index (χ1v) is 6.11. The Labute approximate surface area is 102 Å². The summed E-state index contributed by atoms with van der Waals surface area (Å²) in [6.07, 6.45) is 2.58. The van der Waals surface area contributed by atoms with Crippen LogP contribution in [-0.4, -0.2) is 42.1 Å². The first kappa shape index (κ1) is 12.5. The van der Waals surface area contributed by atoms with E-state index in [1.807, 2.05) is 18.3 Å². The summed E-state index contributed by atoms with van der Waals surface area (Å²) in [7, 11) is 0. The van der Waals surface area contributed by atoms with Crippen LogP contribution in [0.2, 0.25) is 0 Å². The van der Waals surface area contributed by atoms with Gasteiger partial charge in [-0.25, -0.2) is 0 Å². The Morgan fingerprint density at radius 2 is 2.35 bits per heavy atom. The molecule has 2 heterocycles. The summed E-state index contributed by atoms with van der Waals surface area (Å²) in [5.74, 6) is 0. The van der Waals surface area contributed by atoms with Gasteiger partial charge in [0.25, 0.3) is 0 Å². The van der Waals surface area contributed by atoms with Gasteiger partial charge in [0.2, 0.25) is 0 Å². The Hall–Kier alpha value is -0.970. The van der Waals surface area contributed by atoms with E-state index >= 15 is 0 Å². The molecule has 1 aliphatic heterocycles. The Morgan fingerprint density at radius 3 is 2.94 bits per heavy atom. The molecule has 0 spiro atoms. The number of ether oxygens (including phenoxy) is 2. The molecular weight excluding hydrogens is 218 g/mol. The van der Waals surface area contributed by atoms with Crippen LogP contribution in [-0.2, 0) is 22.3 Å². The van der Waals surface area contributed by atoms with E-state index in [1.54, 1.807) is 0 Å². The van der Waals surface area contributed by atoms with Crippen molar-refractivity contribution in [2.24, 2.45) is 0 Å². The molecule has 1 saturated heterocycles. The lowest BCUT2D eigenvalue weighted by Gasteiger charge is -2.27. The lowest BCUT2D eigenvalue weighted by Crippen LogP contribution is -2.39. The fraction of sp³-hybridized carbons (Fsp3) is 0.615. The zero-order valence-corrected chi connectivity index (χ0v) is 10.1. The standard InChI is InChI=1S/C13H19NO3/c1-2-10-3-4-11(14-8-10)7-12(15)13-9-16-5-6-17-13/h3-4,8,12-13,15H,2,5-7,9H2,1H3. The molecule has 2 rings (SSSR count). The minimum atomic E-state index is -0.546. The highest BCUT2D eigenvalue weighted by Crippen LogP contribution is 2.11. The number of rotatable bonds is 4. The van der Waals surface area contributed by atoms with E-state index in [0.29, 0.717) is 26.2 Å². The maximum atomic E-state index is 10.0. The smallest absolute Gasteiger partial charge is 0.107 e. The van der Waals surface area contributed by atoms with Crippen LogP contribution in [0.5, 0.6) is 0 Å². The lowest BCUT2D eigenvalue weighted by atomic mass is 10.1. The molecule has 4 nitrogen and oxygen atoms in total. The number of hydrogen-bond acceptors (Lipinski definition) is 4. The van der Waals surface area contributed by atoms with E-state index in [-0.39, 0.29) is 6.10 Å². The molecule has 17 heavy (non-hydrogen) atoms. The van der Waals surface area contributed by atoms with Crippen molar-refractivity contribution in [2.45, 2.75) is 32.0 Å². The van der Waals surface area contributed by atoms with Crippen molar-refractivity contribution in [1.82, 2.24) is 4.98 Å². The summed E-state index contributed by atoms with van der Waals surface area (Å²) in [5.41, 5.74) is 2.10. The van der Waals surface area contributed by atoms with Crippen LogP contribution in [0.15, 0.2) is 18.3 Å². The van der Waals surface area contributed by atoms with Crippen molar-refractivity contribution in [2.75, 3.05) is 19.8 Å². The van der Waals surface area contributed by atoms with Gasteiger partial charge in [-0.2, -0.15) is 0 Å². The van der Waals surface area contributed by atoms with E-state index in [0.717, 1.165) is 12.1 Å². The molecule has 2 unspecified atom stereocenters. The number of hydrogen-bond donors (Lipinski definition) is 1. The van der Waals surface area contributed by atoms with Gasteiger partial charge in [-0.3, -0.25) is 4.98 Å². The molecule has 0 saturated carbocycles. The van der Waals surface area contributed by atoms with Gasteiger partial charge < -0.3 is 14.6 Å². The second-order valence-corrected chi connectivity index (χ2v) is 4.27. The van der Waals surface area contributed by atoms with E-state index in [9.17, 15) is 5.11 Å². The topological polar surface area (TPSA) is 51.6 Å². The highest BCUT2D eigenvalue weighted by molar-refractivity contribution is 5.14. The lowest BCUT2D eigenvalue weighted by molar-refractivity contribution is -0.131. The zero-order chi connectivity index (χ0) is 12.1. The Kier molecular flexibility index (Phi) is 4.48. The second kappa shape index (κ2) is 6.10. The first-order valence-electron chi connectivity index (χ1n) is 6.11. The number of aromatic nitrogens is 1. The molecular formula is C13H19NO3. The highest BCUT2D eigenvalue weighted by atomic mass is 16.6. The quantitative estimate of drug-likeness (QED) is 0.847. The van der Waals surface area contributed by atoms with Gasteiger partial charge in [0, 0.05) is 18.3 Å². The van der Waals surface area contributed by atoms with E-state index in [2.05, 4.69) is 11.9 Å². The average Bonchev–Trinajstić information content (AvgIpc) is 2.40. The Morgan fingerprint density at radius 1 is 1.47 bits per heavy atom. The largest absolute Gasteiger partial charge is 0.390 e. The molecule has 0 aliphatic carbocycles. The second-order valence-electron chi connectivity index (χ2n) is 4.27. The van der Waals surface area contributed by atoms with E-state index < -0.39 is 6.10 Å². The van der Waals surface area contributed by atoms with Crippen LogP contribution in [0, 0.1) is 0 Å². The van der Waals surface area contributed by atoms with Crippen molar-refractivity contribution in [3.8, 4) is 0 Å². The molecule has 0 bridgehead atoms. The van der Waals surface area contributed by atoms with Gasteiger partial charge in [0.15, 0.2) is 0 Å². The normalized spacial score (nSPS) is 22.4. The third-order valence-electron chi connectivity index (χ3n) is 2.98. The number of aliphatic hydroxyl groups is 1. The number of pyridine rings is 1. The summed E-state index contributed by atoms with van der Waals surface area (Å²) in [5, 5.41) is 10.0. The van der Waals surface area contributed by atoms with Crippen molar-refractivity contribution < 1.29 is 14.6 Å². The Bertz CT molecular complexity index is 333. The molecule has 2 atom stereocenters. The Balaban J connectivity index is 1.89. The summed E-state index contributed by atoms with van der Waals surface area (Å²) in [6, 6.07) is 4.01. The van der Waals surface area contributed by atoms with Crippen molar-refractivity contribution in [1.29, 1.82) is 0 Å². The van der Waals surface area contributed by atoms with Gasteiger partial charge in [-0.15, -0.1) is 0 Å². The molecule has 1 aliphatic rings. The van der Waals surface area contributed by atoms with Gasteiger partial charge in [-0.05, 0) is 18.1 Å². The minimum absolute atomic E-state index is 0.226. The maximum absolute atomic E-state index is 10.0. The number of aliphatic hydroxyl groups excluding tert-OH is 1. The van der Waals surface area contributed by atoms with Crippen molar-refractivity contribution >= 4 is 0 Å². The van der Waals surface area contributed by atoms with Gasteiger partial charge in [0.05, 0.1) is 25.9 Å². The number of aryl methyl sites for hydroxylation is 1. The molecule has 0 aromatic carbocycles. The molecule has 0 radical (unpaired) electrons. The fourth-order valence-electron chi connectivity index (χ4n) is 1.86.